The van der Waals surface area contributed by atoms with Gasteiger partial charge in [-0.25, -0.2) is 4.39 Å². The molecule has 1 amide bonds. The molecule has 0 aliphatic carbocycles. The summed E-state index contributed by atoms with van der Waals surface area (Å²) in [6, 6.07) is 14.5. The number of carbonyl (C=O) groups is 1. The van der Waals surface area contributed by atoms with Gasteiger partial charge in [-0.2, -0.15) is 0 Å². The maximum Gasteiger partial charge on any atom is 0.237 e. The van der Waals surface area contributed by atoms with Crippen molar-refractivity contribution in [1.82, 2.24) is 9.80 Å². The number of rotatable bonds is 4. The highest BCUT2D eigenvalue weighted by atomic mass is 19.1. The van der Waals surface area contributed by atoms with E-state index in [9.17, 15) is 14.3 Å². The number of fused-ring (bicyclic) bond motifs is 1. The molecule has 0 unspecified atom stereocenters. The lowest BCUT2D eigenvalue weighted by Gasteiger charge is -2.58. The number of piperazine rings is 1. The van der Waals surface area contributed by atoms with Gasteiger partial charge < -0.3 is 10.0 Å². The van der Waals surface area contributed by atoms with Gasteiger partial charge in [0.15, 0.2) is 0 Å². The number of amides is 1. The summed E-state index contributed by atoms with van der Waals surface area (Å²) in [7, 11) is 0. The second-order valence-corrected chi connectivity index (χ2v) is 7.07. The van der Waals surface area contributed by atoms with E-state index in [0.717, 1.165) is 24.2 Å². The van der Waals surface area contributed by atoms with Crippen LogP contribution in [-0.4, -0.2) is 59.1 Å². The number of hydrogen-bond acceptors (Lipinski definition) is 3. The summed E-state index contributed by atoms with van der Waals surface area (Å²) in [4.78, 5) is 16.4. The number of benzene rings is 2. The number of likely N-dealkylation sites (N-methyl/N-ethyl adjacent to an activating group) is 1. The fourth-order valence-electron chi connectivity index (χ4n) is 4.39. The molecule has 2 aliphatic rings. The van der Waals surface area contributed by atoms with E-state index >= 15 is 0 Å². The minimum Gasteiger partial charge on any atom is -0.394 e. The van der Waals surface area contributed by atoms with Crippen LogP contribution >= 0.6 is 0 Å². The maximum atomic E-state index is 14.0. The first-order chi connectivity index (χ1) is 12.6. The molecule has 26 heavy (non-hydrogen) atoms. The molecule has 4 rings (SSSR count). The van der Waals surface area contributed by atoms with Crippen LogP contribution in [0.3, 0.4) is 0 Å². The molecule has 2 heterocycles. The minimum absolute atomic E-state index is 0.0336. The van der Waals surface area contributed by atoms with Crippen LogP contribution in [0.25, 0.3) is 11.1 Å². The van der Waals surface area contributed by atoms with Crippen molar-refractivity contribution in [2.45, 2.75) is 24.9 Å². The Morgan fingerprint density at radius 3 is 2.54 bits per heavy atom. The number of hydrogen-bond donors (Lipinski definition) is 1. The molecule has 2 fully saturated rings. The standard InChI is InChI=1S/C21H23FN2O2/c1-2-23-11-18-21(19(13-25)24(18)20(26)12-23)15-9-7-14(8-10-15)16-5-3-4-6-17(16)22/h3-10,18-19,21,25H,2,11-13H2,1H3/t18-,19-,21+/m0/s1. The number of halogens is 1. The van der Waals surface area contributed by atoms with Crippen molar-refractivity contribution in [2.75, 3.05) is 26.2 Å². The van der Waals surface area contributed by atoms with Gasteiger partial charge >= 0.3 is 0 Å². The van der Waals surface area contributed by atoms with Gasteiger partial charge in [-0.1, -0.05) is 49.4 Å². The van der Waals surface area contributed by atoms with Crippen LogP contribution < -0.4 is 0 Å². The Bertz CT molecular complexity index is 808. The Hall–Kier alpha value is -2.24. The Balaban J connectivity index is 1.60. The summed E-state index contributed by atoms with van der Waals surface area (Å²) >= 11 is 0. The van der Waals surface area contributed by atoms with Crippen LogP contribution in [0, 0.1) is 5.82 Å². The van der Waals surface area contributed by atoms with E-state index in [1.54, 1.807) is 12.1 Å². The first kappa shape index (κ1) is 17.2. The number of carbonyl (C=O) groups excluding carboxylic acids is 1. The zero-order valence-corrected chi connectivity index (χ0v) is 14.8. The Morgan fingerprint density at radius 2 is 1.88 bits per heavy atom. The lowest BCUT2D eigenvalue weighted by molar-refractivity contribution is -0.161. The molecule has 2 aromatic carbocycles. The third kappa shape index (κ3) is 2.72. The summed E-state index contributed by atoms with van der Waals surface area (Å²) in [5.41, 5.74) is 2.51. The van der Waals surface area contributed by atoms with E-state index in [0.29, 0.717) is 12.1 Å². The molecule has 3 atom stereocenters. The van der Waals surface area contributed by atoms with Gasteiger partial charge in [0.05, 0.1) is 25.2 Å². The molecule has 136 valence electrons. The third-order valence-electron chi connectivity index (χ3n) is 5.75. The van der Waals surface area contributed by atoms with Crippen molar-refractivity contribution in [1.29, 1.82) is 0 Å². The van der Waals surface area contributed by atoms with Crippen LogP contribution in [0.2, 0.25) is 0 Å². The van der Waals surface area contributed by atoms with E-state index in [1.807, 2.05) is 35.2 Å². The Morgan fingerprint density at radius 1 is 1.15 bits per heavy atom. The first-order valence-electron chi connectivity index (χ1n) is 9.13. The summed E-state index contributed by atoms with van der Waals surface area (Å²) in [6.07, 6.45) is 0. The molecule has 0 saturated carbocycles. The van der Waals surface area contributed by atoms with Crippen molar-refractivity contribution >= 4 is 5.91 Å². The second-order valence-electron chi connectivity index (χ2n) is 7.07. The number of nitrogens with zero attached hydrogens (tertiary/aromatic N) is 2. The highest BCUT2D eigenvalue weighted by molar-refractivity contribution is 5.81. The lowest BCUT2D eigenvalue weighted by Crippen LogP contribution is -2.72. The Kier molecular flexibility index (Phi) is 4.51. The first-order valence-corrected chi connectivity index (χ1v) is 9.13. The average molecular weight is 354 g/mol. The fraction of sp³-hybridized carbons (Fsp3) is 0.381. The van der Waals surface area contributed by atoms with Gasteiger partial charge in [0.1, 0.15) is 5.82 Å². The molecule has 1 N–H and O–H groups in total. The lowest BCUT2D eigenvalue weighted by atomic mass is 9.73. The highest BCUT2D eigenvalue weighted by Gasteiger charge is 2.53. The van der Waals surface area contributed by atoms with Gasteiger partial charge in [0.2, 0.25) is 5.91 Å². The smallest absolute Gasteiger partial charge is 0.237 e. The fourth-order valence-corrected chi connectivity index (χ4v) is 4.39. The third-order valence-corrected chi connectivity index (χ3v) is 5.75. The zero-order chi connectivity index (χ0) is 18.3. The maximum absolute atomic E-state index is 14.0. The van der Waals surface area contributed by atoms with Crippen LogP contribution in [0.1, 0.15) is 18.4 Å². The SMILES string of the molecule is CCN1CC(=O)N2[C@@H](CO)[C@H](c3ccc(-c4ccccc4F)cc3)[C@@H]2C1. The molecular formula is C21H23FN2O2. The van der Waals surface area contributed by atoms with Gasteiger partial charge in [0, 0.05) is 18.0 Å². The minimum atomic E-state index is -0.236. The summed E-state index contributed by atoms with van der Waals surface area (Å²) < 4.78 is 14.0. The molecule has 0 aromatic heterocycles. The van der Waals surface area contributed by atoms with Crippen LogP contribution in [0.15, 0.2) is 48.5 Å². The van der Waals surface area contributed by atoms with Crippen molar-refractivity contribution in [3.8, 4) is 11.1 Å². The summed E-state index contributed by atoms with van der Waals surface area (Å²) in [5.74, 6) is -0.0193. The van der Waals surface area contributed by atoms with Gasteiger partial charge in [-0.05, 0) is 23.7 Å². The topological polar surface area (TPSA) is 43.8 Å². The molecule has 0 bridgehead atoms. The van der Waals surface area contributed by atoms with Crippen molar-refractivity contribution in [3.63, 3.8) is 0 Å². The Labute approximate surface area is 152 Å². The van der Waals surface area contributed by atoms with Gasteiger partial charge in [-0.15, -0.1) is 0 Å². The molecule has 2 saturated heterocycles. The number of aliphatic hydroxyl groups excluding tert-OH is 1. The molecule has 2 aliphatic heterocycles. The molecule has 2 aromatic rings. The predicted octanol–water partition coefficient (Wildman–Crippen LogP) is 2.48. The molecule has 4 nitrogen and oxygen atoms in total. The number of aliphatic hydroxyl groups is 1. The monoisotopic (exact) mass is 354 g/mol. The summed E-state index contributed by atoms with van der Waals surface area (Å²) in [5, 5.41) is 9.81. The van der Waals surface area contributed by atoms with Crippen molar-refractivity contribution in [3.05, 3.63) is 59.9 Å². The van der Waals surface area contributed by atoms with Gasteiger partial charge in [0.25, 0.3) is 0 Å². The predicted molar refractivity (Wildman–Crippen MR) is 98.2 cm³/mol. The molecule has 5 heteroatoms. The van der Waals surface area contributed by atoms with Crippen LogP contribution in [-0.2, 0) is 4.79 Å². The van der Waals surface area contributed by atoms with E-state index in [4.69, 9.17) is 0 Å². The molecular weight excluding hydrogens is 331 g/mol. The normalized spacial score (nSPS) is 25.7. The van der Waals surface area contributed by atoms with E-state index in [2.05, 4.69) is 11.8 Å². The zero-order valence-electron chi connectivity index (χ0n) is 14.8. The summed E-state index contributed by atoms with van der Waals surface area (Å²) in [6.45, 7) is 4.14. The highest BCUT2D eigenvalue weighted by Crippen LogP contribution is 2.43. The van der Waals surface area contributed by atoms with Crippen LogP contribution in [0.5, 0.6) is 0 Å². The van der Waals surface area contributed by atoms with Gasteiger partial charge in [-0.3, -0.25) is 9.69 Å². The van der Waals surface area contributed by atoms with E-state index in [1.165, 1.54) is 6.07 Å². The largest absolute Gasteiger partial charge is 0.394 e. The van der Waals surface area contributed by atoms with Crippen molar-refractivity contribution < 1.29 is 14.3 Å². The molecule has 0 spiro atoms. The molecule has 0 radical (unpaired) electrons. The quantitative estimate of drug-likeness (QED) is 0.917. The van der Waals surface area contributed by atoms with Crippen molar-refractivity contribution in [2.24, 2.45) is 0 Å². The van der Waals surface area contributed by atoms with E-state index in [-0.39, 0.29) is 36.3 Å². The second kappa shape index (κ2) is 6.82. The van der Waals surface area contributed by atoms with Crippen LogP contribution in [0.4, 0.5) is 4.39 Å². The van der Waals surface area contributed by atoms with E-state index < -0.39 is 0 Å². The average Bonchev–Trinajstić information content (AvgIpc) is 2.64.